The summed E-state index contributed by atoms with van der Waals surface area (Å²) in [5.41, 5.74) is 2.40. The van der Waals surface area contributed by atoms with Gasteiger partial charge in [-0.25, -0.2) is 29.3 Å². The minimum absolute atomic E-state index is 0.0135. The van der Waals surface area contributed by atoms with E-state index in [0.29, 0.717) is 0 Å². The first-order valence-corrected chi connectivity index (χ1v) is 19.0. The third kappa shape index (κ3) is 5.20. The molecule has 44 heavy (non-hydrogen) atoms. The number of hydrogen-bond donors (Lipinski definition) is 4. The molecule has 0 saturated carbocycles. The molecule has 3 saturated heterocycles. The van der Waals surface area contributed by atoms with E-state index in [4.69, 9.17) is 56.9 Å². The Balaban J connectivity index is 1.22. The zero-order valence-electron chi connectivity index (χ0n) is 22.1. The number of ether oxygens (including phenoxy) is 2. The summed E-state index contributed by atoms with van der Waals surface area (Å²) < 4.78 is 54.8. The highest BCUT2D eigenvalue weighted by Crippen LogP contribution is 2.60. The summed E-state index contributed by atoms with van der Waals surface area (Å²) in [7, 11) is 1.51. The van der Waals surface area contributed by atoms with E-state index in [2.05, 4.69) is 37.2 Å². The maximum Gasteiger partial charge on any atom is 0.327 e. The highest BCUT2D eigenvalue weighted by atomic mass is 32.9. The Morgan fingerprint density at radius 2 is 1.70 bits per heavy atom. The highest BCUT2D eigenvalue weighted by Gasteiger charge is 2.54. The molecule has 0 aliphatic carbocycles. The van der Waals surface area contributed by atoms with E-state index in [0.717, 1.165) is 0 Å². The van der Waals surface area contributed by atoms with Gasteiger partial charge in [0.05, 0.1) is 25.6 Å². The Morgan fingerprint density at radius 1 is 1.00 bits per heavy atom. The van der Waals surface area contributed by atoms with Crippen molar-refractivity contribution in [3.8, 4) is 0 Å². The lowest BCUT2D eigenvalue weighted by molar-refractivity contribution is -0.133. The third-order valence-electron chi connectivity index (χ3n) is 7.17. The molecule has 0 aromatic carbocycles. The molecule has 10 atom stereocenters. The number of aliphatic hydroxyl groups is 1. The van der Waals surface area contributed by atoms with Crippen molar-refractivity contribution >= 4 is 76.4 Å². The number of imidazole rings is 2. The van der Waals surface area contributed by atoms with Crippen molar-refractivity contribution < 1.29 is 42.0 Å². The number of alkyl halides is 1. The molecular weight excluding hydrogens is 687 g/mol. The lowest BCUT2D eigenvalue weighted by atomic mass is 10.1. The molecule has 0 radical (unpaired) electrons. The fourth-order valence-electron chi connectivity index (χ4n) is 5.12. The third-order valence-corrected chi connectivity index (χ3v) is 10.9. The number of halogens is 1. The summed E-state index contributed by atoms with van der Waals surface area (Å²) in [5.74, 6) is 0.0780. The van der Waals surface area contributed by atoms with Crippen LogP contribution in [0.5, 0.6) is 0 Å². The normalized spacial score (nSPS) is 38.0. The van der Waals surface area contributed by atoms with E-state index in [-0.39, 0.29) is 28.1 Å². The summed E-state index contributed by atoms with van der Waals surface area (Å²) in [6.45, 7) is -4.80. The van der Waals surface area contributed by atoms with E-state index >= 15 is 4.39 Å². The summed E-state index contributed by atoms with van der Waals surface area (Å²) in [6.07, 6.45) is -7.03. The summed E-state index contributed by atoms with van der Waals surface area (Å²) in [6, 6.07) is 0. The topological polar surface area (TPSA) is 218 Å². The smallest absolute Gasteiger partial charge is 0.327 e. The molecule has 3 aliphatic heterocycles. The number of aryl methyl sites for hydroxylation is 1. The predicted molar refractivity (Wildman–Crippen MR) is 158 cm³/mol. The van der Waals surface area contributed by atoms with Gasteiger partial charge >= 0.3 is 6.72 Å². The molecule has 3 aliphatic rings. The molecule has 2 bridgehead atoms. The number of aromatic nitrogens is 8. The van der Waals surface area contributed by atoms with Gasteiger partial charge in [0.1, 0.15) is 36.3 Å². The van der Waals surface area contributed by atoms with E-state index < -0.39 is 73.9 Å². The fraction of sp³-hybridized carbons (Fsp3) is 0.500. The van der Waals surface area contributed by atoms with Gasteiger partial charge in [-0.3, -0.25) is 23.0 Å². The van der Waals surface area contributed by atoms with E-state index in [1.165, 1.54) is 46.1 Å². The quantitative estimate of drug-likeness (QED) is 0.161. The average Bonchev–Trinajstić information content (AvgIpc) is 3.72. The number of fused-ring (bicyclic) bond motifs is 5. The Bertz CT molecular complexity index is 1930. The van der Waals surface area contributed by atoms with Crippen molar-refractivity contribution in [1.82, 2.24) is 38.6 Å². The fourth-order valence-corrected chi connectivity index (χ4v) is 8.66. The largest absolute Gasteiger partial charge is 0.385 e. The monoisotopic (exact) mass is 709 g/mol. The van der Waals surface area contributed by atoms with Crippen LogP contribution in [0.15, 0.2) is 30.1 Å². The van der Waals surface area contributed by atoms with Crippen LogP contribution in [0.1, 0.15) is 12.5 Å². The van der Waals surface area contributed by atoms with E-state index in [1.54, 1.807) is 0 Å². The van der Waals surface area contributed by atoms with Gasteiger partial charge in [0, 0.05) is 7.05 Å². The van der Waals surface area contributed by atoms with Gasteiger partial charge in [0.25, 0.3) is 5.56 Å². The van der Waals surface area contributed by atoms with Gasteiger partial charge in [-0.1, -0.05) is 12.2 Å². The number of nitrogens with two attached hydrogens (primary N) is 1. The molecule has 7 rings (SSSR count). The van der Waals surface area contributed by atoms with Crippen molar-refractivity contribution in [3.63, 3.8) is 0 Å². The van der Waals surface area contributed by atoms with Crippen LogP contribution in [0.25, 0.3) is 22.3 Å². The van der Waals surface area contributed by atoms with Crippen molar-refractivity contribution in [2.45, 2.75) is 49.3 Å². The second-order valence-electron chi connectivity index (χ2n) is 9.94. The number of anilines is 1. The van der Waals surface area contributed by atoms with Crippen LogP contribution >= 0.6 is 24.7 Å². The molecule has 2 unspecified atom stereocenters. The second kappa shape index (κ2) is 11.0. The molecule has 236 valence electrons. The first kappa shape index (κ1) is 30.6. The zero-order chi connectivity index (χ0) is 31.1. The van der Waals surface area contributed by atoms with Gasteiger partial charge < -0.3 is 38.8 Å². The van der Waals surface area contributed by atoms with E-state index in [1.807, 2.05) is 0 Å². The SMILES string of the molecule is Cn1cnc2c(ncn2[C@@H]2O[C@@H]3OP(O)(=S)O[C@H]4[C@@H](F)[C@H](n5cnc6c(N)ncnc65)O[C@@H]4COP(=S)(S)O[C@@H]2[C@@H]3O)c1=O. The lowest BCUT2D eigenvalue weighted by Crippen LogP contribution is -2.37. The summed E-state index contributed by atoms with van der Waals surface area (Å²) >= 11 is 15.1. The molecule has 0 spiro atoms. The van der Waals surface area contributed by atoms with E-state index in [9.17, 15) is 14.8 Å². The number of nitrogens with zero attached hydrogens (tertiary/aromatic N) is 8. The average molecular weight is 710 g/mol. The first-order chi connectivity index (χ1) is 20.8. The minimum atomic E-state index is -4.37. The van der Waals surface area contributed by atoms with Crippen LogP contribution in [0.3, 0.4) is 0 Å². The van der Waals surface area contributed by atoms with Crippen molar-refractivity contribution in [3.05, 3.63) is 35.7 Å². The van der Waals surface area contributed by atoms with Gasteiger partial charge in [0.2, 0.25) is 5.69 Å². The molecule has 18 nitrogen and oxygen atoms in total. The van der Waals surface area contributed by atoms with Crippen LogP contribution in [0.4, 0.5) is 10.2 Å². The first-order valence-electron chi connectivity index (χ1n) is 12.6. The lowest BCUT2D eigenvalue weighted by Gasteiger charge is -2.30. The zero-order valence-corrected chi connectivity index (χ0v) is 26.4. The van der Waals surface area contributed by atoms with Crippen molar-refractivity contribution in [1.29, 1.82) is 0 Å². The molecule has 0 amide bonds. The molecule has 4 aromatic heterocycles. The number of thiol groups is 1. The summed E-state index contributed by atoms with van der Waals surface area (Å²) in [4.78, 5) is 44.1. The van der Waals surface area contributed by atoms with Gasteiger partial charge in [-0.2, -0.15) is 0 Å². The number of hydrogen-bond acceptors (Lipinski definition) is 16. The molecule has 24 heteroatoms. The van der Waals surface area contributed by atoms with Crippen molar-refractivity contribution in [2.24, 2.45) is 7.05 Å². The van der Waals surface area contributed by atoms with Gasteiger partial charge in [-0.05, 0) is 23.6 Å². The van der Waals surface area contributed by atoms with Crippen molar-refractivity contribution in [2.75, 3.05) is 12.3 Å². The Morgan fingerprint density at radius 3 is 2.48 bits per heavy atom. The standard InChI is InChI=1S/C20H22FN9O9P2S3/c1-28-4-27-16-10(17(28)32)26-6-30(16)19-13-11(31)20(36-19)39-40(33,42)37-12-7(2-34-41(43,44)38-13)35-18(8(12)21)29-5-25-9-14(22)23-3-24-15(9)29/h3-8,11-13,18-20,31H,2H2,1H3,(H,33,42)(H,43,44)(H2,22,23,24)/t7-,8-,11+,12-,13-,18-,19-,20-,40?/m1/s1. The molecule has 7 heterocycles. The van der Waals surface area contributed by atoms with Crippen LogP contribution in [0.2, 0.25) is 0 Å². The molecule has 3 fully saturated rings. The van der Waals surface area contributed by atoms with Gasteiger partial charge in [0.15, 0.2) is 47.5 Å². The van der Waals surface area contributed by atoms with Crippen LogP contribution < -0.4 is 11.3 Å². The predicted octanol–water partition coefficient (Wildman–Crippen LogP) is 0.192. The molecule has 4 aromatic rings. The van der Waals surface area contributed by atoms with Gasteiger partial charge in [-0.15, -0.1) is 0 Å². The minimum Gasteiger partial charge on any atom is -0.385 e. The summed E-state index contributed by atoms with van der Waals surface area (Å²) in [5, 5.41) is 11.2. The Kier molecular flexibility index (Phi) is 7.68. The molecular formula is C20H22FN9O9P2S3. The maximum absolute atomic E-state index is 16.1. The second-order valence-corrected chi connectivity index (χ2v) is 17.9. The van der Waals surface area contributed by atoms with Crippen LogP contribution in [-0.4, -0.2) is 92.1 Å². The number of aliphatic hydroxyl groups excluding tert-OH is 1. The molecule has 4 N–H and O–H groups in total. The number of nitrogen functional groups attached to an aromatic ring is 1. The van der Waals surface area contributed by atoms with Crippen LogP contribution in [-0.2, 0) is 58.2 Å². The number of rotatable bonds is 2. The Labute approximate surface area is 260 Å². The van der Waals surface area contributed by atoms with Crippen LogP contribution in [0, 0.1) is 0 Å². The Hall–Kier alpha value is -2.04. The highest BCUT2D eigenvalue weighted by molar-refractivity contribution is 8.60. The maximum atomic E-state index is 16.1.